The molecule has 0 atom stereocenters. The number of nitrogens with one attached hydrogen (secondary N) is 1. The van der Waals surface area contributed by atoms with Crippen molar-refractivity contribution >= 4 is 11.6 Å². The van der Waals surface area contributed by atoms with Crippen LogP contribution in [0.2, 0.25) is 0 Å². The largest absolute Gasteiger partial charge is 0.493 e. The lowest BCUT2D eigenvalue weighted by atomic mass is 10.2. The molecule has 0 unspecified atom stereocenters. The van der Waals surface area contributed by atoms with Crippen LogP contribution in [0.25, 0.3) is 5.69 Å². The standard InChI is InChI=1S/C19H19N3O4/c1-24-16-10-14(11-17(25-2)18(16)26-3)21-19(23)13-4-6-15(7-5-13)22-9-8-20-12-22/h4-12H,1-3H3,(H,21,23). The summed E-state index contributed by atoms with van der Waals surface area (Å²) >= 11 is 0. The van der Waals surface area contributed by atoms with Crippen molar-refractivity contribution in [1.82, 2.24) is 9.55 Å². The third kappa shape index (κ3) is 3.46. The molecule has 1 heterocycles. The first-order chi connectivity index (χ1) is 12.7. The van der Waals surface area contributed by atoms with E-state index in [9.17, 15) is 4.79 Å². The summed E-state index contributed by atoms with van der Waals surface area (Å²) in [5, 5.41) is 2.84. The minimum Gasteiger partial charge on any atom is -0.493 e. The fourth-order valence-electron chi connectivity index (χ4n) is 2.55. The zero-order chi connectivity index (χ0) is 18.5. The van der Waals surface area contributed by atoms with Crippen molar-refractivity contribution in [1.29, 1.82) is 0 Å². The summed E-state index contributed by atoms with van der Waals surface area (Å²) in [6, 6.07) is 10.6. The number of rotatable bonds is 6. The first-order valence-corrected chi connectivity index (χ1v) is 7.86. The van der Waals surface area contributed by atoms with Crippen LogP contribution in [0.3, 0.4) is 0 Å². The quantitative estimate of drug-likeness (QED) is 0.737. The molecule has 7 heteroatoms. The third-order valence-electron chi connectivity index (χ3n) is 3.85. The van der Waals surface area contributed by atoms with Gasteiger partial charge in [-0.2, -0.15) is 0 Å². The third-order valence-corrected chi connectivity index (χ3v) is 3.85. The van der Waals surface area contributed by atoms with Gasteiger partial charge in [-0.3, -0.25) is 4.79 Å². The van der Waals surface area contributed by atoms with Gasteiger partial charge in [0, 0.05) is 41.5 Å². The van der Waals surface area contributed by atoms with Crippen LogP contribution in [0.4, 0.5) is 5.69 Å². The van der Waals surface area contributed by atoms with Gasteiger partial charge in [-0.05, 0) is 24.3 Å². The molecule has 0 aliphatic carbocycles. The van der Waals surface area contributed by atoms with Crippen molar-refractivity contribution in [3.63, 3.8) is 0 Å². The van der Waals surface area contributed by atoms with Crippen LogP contribution in [-0.4, -0.2) is 36.8 Å². The molecule has 1 amide bonds. The first-order valence-electron chi connectivity index (χ1n) is 7.86. The Morgan fingerprint density at radius 1 is 1.00 bits per heavy atom. The van der Waals surface area contributed by atoms with Gasteiger partial charge in [0.2, 0.25) is 5.75 Å². The Hall–Kier alpha value is -3.48. The molecule has 1 aromatic heterocycles. The highest BCUT2D eigenvalue weighted by molar-refractivity contribution is 6.04. The summed E-state index contributed by atoms with van der Waals surface area (Å²) in [6.45, 7) is 0. The number of aromatic nitrogens is 2. The van der Waals surface area contributed by atoms with E-state index >= 15 is 0 Å². The highest BCUT2D eigenvalue weighted by Gasteiger charge is 2.15. The van der Waals surface area contributed by atoms with Gasteiger partial charge in [-0.1, -0.05) is 0 Å². The number of hydrogen-bond donors (Lipinski definition) is 1. The maximum absolute atomic E-state index is 12.5. The van der Waals surface area contributed by atoms with Gasteiger partial charge in [0.05, 0.1) is 27.7 Å². The molecular weight excluding hydrogens is 334 g/mol. The van der Waals surface area contributed by atoms with Gasteiger partial charge >= 0.3 is 0 Å². The molecule has 0 spiro atoms. The number of imidazole rings is 1. The number of ether oxygens (including phenoxy) is 3. The van der Waals surface area contributed by atoms with Crippen LogP contribution in [-0.2, 0) is 0 Å². The fourth-order valence-corrected chi connectivity index (χ4v) is 2.55. The summed E-state index contributed by atoms with van der Waals surface area (Å²) in [5.41, 5.74) is 2.00. The summed E-state index contributed by atoms with van der Waals surface area (Å²) in [6.07, 6.45) is 5.24. The van der Waals surface area contributed by atoms with E-state index in [0.29, 0.717) is 28.5 Å². The molecular formula is C19H19N3O4. The Morgan fingerprint density at radius 2 is 1.65 bits per heavy atom. The van der Waals surface area contributed by atoms with Crippen molar-refractivity contribution in [3.8, 4) is 22.9 Å². The summed E-state index contributed by atoms with van der Waals surface area (Å²) in [7, 11) is 4.58. The van der Waals surface area contributed by atoms with Crippen molar-refractivity contribution in [2.75, 3.05) is 26.6 Å². The number of carbonyl (C=O) groups excluding carboxylic acids is 1. The average molecular weight is 353 g/mol. The zero-order valence-electron chi connectivity index (χ0n) is 14.7. The molecule has 0 saturated heterocycles. The zero-order valence-corrected chi connectivity index (χ0v) is 14.7. The summed E-state index contributed by atoms with van der Waals surface area (Å²) < 4.78 is 17.7. The highest BCUT2D eigenvalue weighted by Crippen LogP contribution is 2.40. The second kappa shape index (κ2) is 7.60. The van der Waals surface area contributed by atoms with Crippen molar-refractivity contribution < 1.29 is 19.0 Å². The number of nitrogens with zero attached hydrogens (tertiary/aromatic N) is 2. The first kappa shape index (κ1) is 17.3. The van der Waals surface area contributed by atoms with Gasteiger partial charge in [-0.25, -0.2) is 4.98 Å². The van der Waals surface area contributed by atoms with Crippen molar-refractivity contribution in [2.24, 2.45) is 0 Å². The molecule has 2 aromatic carbocycles. The minimum atomic E-state index is -0.239. The lowest BCUT2D eigenvalue weighted by Crippen LogP contribution is -2.12. The number of anilines is 1. The van der Waals surface area contributed by atoms with E-state index in [-0.39, 0.29) is 5.91 Å². The molecule has 1 N–H and O–H groups in total. The number of carbonyl (C=O) groups is 1. The van der Waals surface area contributed by atoms with Gasteiger partial charge in [0.25, 0.3) is 5.91 Å². The molecule has 26 heavy (non-hydrogen) atoms. The maximum atomic E-state index is 12.5. The predicted molar refractivity (Wildman–Crippen MR) is 97.6 cm³/mol. The average Bonchev–Trinajstić information content (AvgIpc) is 3.22. The van der Waals surface area contributed by atoms with E-state index in [1.165, 1.54) is 21.3 Å². The molecule has 0 radical (unpaired) electrons. The highest BCUT2D eigenvalue weighted by atomic mass is 16.5. The van der Waals surface area contributed by atoms with E-state index in [0.717, 1.165) is 5.69 Å². The maximum Gasteiger partial charge on any atom is 0.255 e. The van der Waals surface area contributed by atoms with Gasteiger partial charge in [0.15, 0.2) is 11.5 Å². The van der Waals surface area contributed by atoms with E-state index in [2.05, 4.69) is 10.3 Å². The second-order valence-electron chi connectivity index (χ2n) is 5.38. The molecule has 7 nitrogen and oxygen atoms in total. The normalized spacial score (nSPS) is 10.3. The Morgan fingerprint density at radius 3 is 2.15 bits per heavy atom. The van der Waals surface area contributed by atoms with E-state index in [4.69, 9.17) is 14.2 Å². The fraction of sp³-hybridized carbons (Fsp3) is 0.158. The number of benzene rings is 2. The lowest BCUT2D eigenvalue weighted by Gasteiger charge is -2.14. The molecule has 0 aliphatic heterocycles. The minimum absolute atomic E-state index is 0.239. The van der Waals surface area contributed by atoms with Gasteiger partial charge in [-0.15, -0.1) is 0 Å². The number of methoxy groups -OCH3 is 3. The van der Waals surface area contributed by atoms with Crippen LogP contribution < -0.4 is 19.5 Å². The number of hydrogen-bond acceptors (Lipinski definition) is 5. The predicted octanol–water partition coefficient (Wildman–Crippen LogP) is 3.15. The lowest BCUT2D eigenvalue weighted by molar-refractivity contribution is 0.102. The molecule has 134 valence electrons. The Kier molecular flexibility index (Phi) is 5.07. The van der Waals surface area contributed by atoms with E-state index in [1.807, 2.05) is 22.9 Å². The van der Waals surface area contributed by atoms with Crippen LogP contribution in [0.1, 0.15) is 10.4 Å². The summed E-state index contributed by atoms with van der Waals surface area (Å²) in [5.74, 6) is 1.17. The molecule has 0 aliphatic rings. The van der Waals surface area contributed by atoms with Gasteiger partial charge < -0.3 is 24.1 Å². The van der Waals surface area contributed by atoms with Crippen LogP contribution in [0.15, 0.2) is 55.1 Å². The SMILES string of the molecule is COc1cc(NC(=O)c2ccc(-n3ccnc3)cc2)cc(OC)c1OC. The van der Waals surface area contributed by atoms with Crippen molar-refractivity contribution in [3.05, 3.63) is 60.7 Å². The van der Waals surface area contributed by atoms with Crippen LogP contribution in [0, 0.1) is 0 Å². The van der Waals surface area contributed by atoms with E-state index in [1.54, 1.807) is 36.8 Å². The van der Waals surface area contributed by atoms with Crippen LogP contribution in [0.5, 0.6) is 17.2 Å². The molecule has 0 fully saturated rings. The second-order valence-corrected chi connectivity index (χ2v) is 5.38. The van der Waals surface area contributed by atoms with Gasteiger partial charge in [0.1, 0.15) is 0 Å². The molecule has 3 rings (SSSR count). The Labute approximate surface area is 151 Å². The Bertz CT molecular complexity index is 865. The Balaban J connectivity index is 1.81. The van der Waals surface area contributed by atoms with Crippen molar-refractivity contribution in [2.45, 2.75) is 0 Å². The van der Waals surface area contributed by atoms with Crippen LogP contribution >= 0.6 is 0 Å². The molecule has 3 aromatic rings. The monoisotopic (exact) mass is 353 g/mol. The molecule has 0 saturated carbocycles. The smallest absolute Gasteiger partial charge is 0.255 e. The topological polar surface area (TPSA) is 74.6 Å². The number of amides is 1. The van der Waals surface area contributed by atoms with E-state index < -0.39 is 0 Å². The summed E-state index contributed by atoms with van der Waals surface area (Å²) in [4.78, 5) is 16.5. The molecule has 0 bridgehead atoms.